The molecule has 0 unspecified atom stereocenters. The predicted octanol–water partition coefficient (Wildman–Crippen LogP) is 3.09. The molecule has 2 aromatic carbocycles. The molecular formula is C24H27N5O. The average Bonchev–Trinajstić information content (AvgIpc) is 3.33. The van der Waals surface area contributed by atoms with Crippen LogP contribution in [0.1, 0.15) is 36.8 Å². The Morgan fingerprint density at radius 3 is 2.53 bits per heavy atom. The highest BCUT2D eigenvalue weighted by Crippen LogP contribution is 2.53. The van der Waals surface area contributed by atoms with Crippen LogP contribution in [-0.4, -0.2) is 25.3 Å². The third-order valence-electron chi connectivity index (χ3n) is 6.76. The Balaban J connectivity index is 1.36. The lowest BCUT2D eigenvalue weighted by Gasteiger charge is -2.44. The number of nitrogens with zero attached hydrogens (tertiary/aromatic N) is 3. The first kappa shape index (κ1) is 18.9. The van der Waals surface area contributed by atoms with Crippen LogP contribution in [0.5, 0.6) is 0 Å². The Morgan fingerprint density at radius 1 is 1.07 bits per heavy atom. The number of imidazole rings is 1. The van der Waals surface area contributed by atoms with Gasteiger partial charge >= 0.3 is 0 Å². The Labute approximate surface area is 176 Å². The molecule has 0 amide bonds. The standard InChI is InChI=1S/C24H27N5O/c25-22(16-28(26)15-18-6-2-1-3-7-18)24(30)12-10-23(11-13-24)20-9-5-4-8-19(20)21-14-27-17-29(21)23/h1-9,14,16-17,30H,10-13,15,25-26H2/b22-16-. The summed E-state index contributed by atoms with van der Waals surface area (Å²) in [6, 6.07) is 18.5. The first-order valence-corrected chi connectivity index (χ1v) is 10.4. The lowest BCUT2D eigenvalue weighted by atomic mass is 9.70. The van der Waals surface area contributed by atoms with Gasteiger partial charge < -0.3 is 20.4 Å². The fourth-order valence-electron chi connectivity index (χ4n) is 5.09. The quantitative estimate of drug-likeness (QED) is 0.461. The van der Waals surface area contributed by atoms with Crippen LogP contribution in [0, 0.1) is 0 Å². The average molecular weight is 402 g/mol. The first-order valence-electron chi connectivity index (χ1n) is 10.4. The maximum atomic E-state index is 11.3. The minimum absolute atomic E-state index is 0.165. The van der Waals surface area contributed by atoms with Gasteiger partial charge in [-0.25, -0.2) is 10.8 Å². The highest BCUT2D eigenvalue weighted by molar-refractivity contribution is 5.70. The van der Waals surface area contributed by atoms with Crippen molar-refractivity contribution >= 4 is 0 Å². The molecule has 6 nitrogen and oxygen atoms in total. The fourth-order valence-corrected chi connectivity index (χ4v) is 5.09. The van der Waals surface area contributed by atoms with Crippen molar-refractivity contribution in [2.24, 2.45) is 11.6 Å². The number of hydrogen-bond acceptors (Lipinski definition) is 5. The molecule has 1 aliphatic carbocycles. The number of hydrogen-bond donors (Lipinski definition) is 3. The molecule has 1 saturated carbocycles. The molecule has 1 aliphatic heterocycles. The molecule has 1 fully saturated rings. The number of aliphatic hydroxyl groups is 1. The minimum Gasteiger partial charge on any atom is -0.398 e. The summed E-state index contributed by atoms with van der Waals surface area (Å²) in [5.41, 5.74) is 10.4. The zero-order valence-corrected chi connectivity index (χ0v) is 16.9. The lowest BCUT2D eigenvalue weighted by molar-refractivity contribution is 0.00820. The molecular weight excluding hydrogens is 374 g/mol. The molecule has 0 atom stereocenters. The van der Waals surface area contributed by atoms with Gasteiger partial charge in [0.25, 0.3) is 0 Å². The third-order valence-corrected chi connectivity index (χ3v) is 6.76. The van der Waals surface area contributed by atoms with Crippen LogP contribution in [-0.2, 0) is 12.1 Å². The van der Waals surface area contributed by atoms with Crippen LogP contribution in [0.25, 0.3) is 11.3 Å². The third kappa shape index (κ3) is 2.91. The Bertz CT molecular complexity index is 1080. The van der Waals surface area contributed by atoms with E-state index in [2.05, 4.69) is 33.8 Å². The SMILES string of the molecule is N/C(=C\N(N)Cc1ccccc1)C1(O)CCC2(CC1)c1ccccc1-c1cncn12. The largest absolute Gasteiger partial charge is 0.398 e. The van der Waals surface area contributed by atoms with Gasteiger partial charge in [-0.3, -0.25) is 0 Å². The molecule has 0 bridgehead atoms. The van der Waals surface area contributed by atoms with Gasteiger partial charge in [0.05, 0.1) is 36.0 Å². The van der Waals surface area contributed by atoms with E-state index in [9.17, 15) is 5.11 Å². The van der Waals surface area contributed by atoms with Gasteiger partial charge in [0.2, 0.25) is 0 Å². The van der Waals surface area contributed by atoms with E-state index < -0.39 is 5.60 Å². The number of hydrazine groups is 1. The van der Waals surface area contributed by atoms with E-state index >= 15 is 0 Å². The first-order chi connectivity index (χ1) is 14.5. The number of aromatic nitrogens is 2. The topological polar surface area (TPSA) is 93.3 Å². The van der Waals surface area contributed by atoms with Crippen molar-refractivity contribution < 1.29 is 5.11 Å². The Morgan fingerprint density at radius 2 is 1.77 bits per heavy atom. The molecule has 5 rings (SSSR count). The number of rotatable bonds is 4. The smallest absolute Gasteiger partial charge is 0.105 e. The second-order valence-electron chi connectivity index (χ2n) is 8.50. The van der Waals surface area contributed by atoms with E-state index in [1.165, 1.54) is 11.1 Å². The number of fused-ring (bicyclic) bond motifs is 5. The van der Waals surface area contributed by atoms with Gasteiger partial charge in [0, 0.05) is 11.8 Å². The molecule has 1 aromatic heterocycles. The van der Waals surface area contributed by atoms with E-state index in [0.29, 0.717) is 25.1 Å². The summed E-state index contributed by atoms with van der Waals surface area (Å²) >= 11 is 0. The van der Waals surface area contributed by atoms with Crippen molar-refractivity contribution in [2.45, 2.75) is 43.4 Å². The molecule has 30 heavy (non-hydrogen) atoms. The molecule has 6 heteroatoms. The maximum absolute atomic E-state index is 11.3. The summed E-state index contributed by atoms with van der Waals surface area (Å²) in [6.45, 7) is 0.535. The summed E-state index contributed by atoms with van der Waals surface area (Å²) in [6.07, 6.45) is 8.25. The summed E-state index contributed by atoms with van der Waals surface area (Å²) in [5.74, 6) is 6.15. The van der Waals surface area contributed by atoms with Gasteiger partial charge in [0.1, 0.15) is 5.60 Å². The molecule has 2 aliphatic rings. The highest BCUT2D eigenvalue weighted by Gasteiger charge is 2.49. The molecule has 2 heterocycles. The molecule has 1 spiro atoms. The summed E-state index contributed by atoms with van der Waals surface area (Å²) in [7, 11) is 0. The maximum Gasteiger partial charge on any atom is 0.105 e. The van der Waals surface area contributed by atoms with Crippen molar-refractivity contribution in [3.63, 3.8) is 0 Å². The van der Waals surface area contributed by atoms with Crippen LogP contribution >= 0.6 is 0 Å². The van der Waals surface area contributed by atoms with Gasteiger partial charge in [-0.15, -0.1) is 0 Å². The van der Waals surface area contributed by atoms with Gasteiger partial charge in [-0.1, -0.05) is 54.6 Å². The van der Waals surface area contributed by atoms with E-state index in [0.717, 1.165) is 24.1 Å². The van der Waals surface area contributed by atoms with Crippen LogP contribution in [0.4, 0.5) is 0 Å². The summed E-state index contributed by atoms with van der Waals surface area (Å²) < 4.78 is 2.28. The van der Waals surface area contributed by atoms with Crippen molar-refractivity contribution in [2.75, 3.05) is 0 Å². The molecule has 3 aromatic rings. The normalized spacial score (nSPS) is 25.2. The molecule has 0 saturated heterocycles. The van der Waals surface area contributed by atoms with Crippen molar-refractivity contribution in [1.29, 1.82) is 0 Å². The van der Waals surface area contributed by atoms with Crippen LogP contribution in [0.15, 0.2) is 79.0 Å². The number of benzene rings is 2. The van der Waals surface area contributed by atoms with E-state index in [1.807, 2.05) is 42.9 Å². The second-order valence-corrected chi connectivity index (χ2v) is 8.50. The van der Waals surface area contributed by atoms with Crippen LogP contribution in [0.3, 0.4) is 0 Å². The van der Waals surface area contributed by atoms with Gasteiger partial charge in [0.15, 0.2) is 0 Å². The molecule has 5 N–H and O–H groups in total. The predicted molar refractivity (Wildman–Crippen MR) is 117 cm³/mol. The zero-order chi connectivity index (χ0) is 20.8. The molecule has 154 valence electrons. The zero-order valence-electron chi connectivity index (χ0n) is 16.9. The second kappa shape index (κ2) is 7.00. The Hall–Kier alpha value is -3.09. The highest BCUT2D eigenvalue weighted by atomic mass is 16.3. The molecule has 0 radical (unpaired) electrons. The van der Waals surface area contributed by atoms with Crippen LogP contribution in [0.2, 0.25) is 0 Å². The van der Waals surface area contributed by atoms with E-state index in [1.54, 1.807) is 11.2 Å². The lowest BCUT2D eigenvalue weighted by Crippen LogP contribution is -2.47. The van der Waals surface area contributed by atoms with Gasteiger partial charge in [-0.2, -0.15) is 0 Å². The van der Waals surface area contributed by atoms with E-state index in [4.69, 9.17) is 11.6 Å². The van der Waals surface area contributed by atoms with Crippen molar-refractivity contribution in [1.82, 2.24) is 14.6 Å². The number of nitrogens with two attached hydrogens (primary N) is 2. The monoisotopic (exact) mass is 401 g/mol. The van der Waals surface area contributed by atoms with Crippen molar-refractivity contribution in [3.05, 3.63) is 90.1 Å². The summed E-state index contributed by atoms with van der Waals surface area (Å²) in [4.78, 5) is 4.38. The Kier molecular flexibility index (Phi) is 4.41. The van der Waals surface area contributed by atoms with Crippen molar-refractivity contribution in [3.8, 4) is 11.3 Å². The summed E-state index contributed by atoms with van der Waals surface area (Å²) in [5, 5.41) is 12.9. The van der Waals surface area contributed by atoms with Crippen LogP contribution < -0.4 is 11.6 Å². The van der Waals surface area contributed by atoms with Gasteiger partial charge in [-0.05, 0) is 36.8 Å². The minimum atomic E-state index is -1.06. The van der Waals surface area contributed by atoms with E-state index in [-0.39, 0.29) is 5.54 Å². The fraction of sp³-hybridized carbons (Fsp3) is 0.292.